The van der Waals surface area contributed by atoms with Crippen molar-refractivity contribution >= 4 is 11.6 Å². The number of anilines is 1. The lowest BCUT2D eigenvalue weighted by atomic mass is 10.0. The maximum absolute atomic E-state index is 12.5. The zero-order valence-corrected chi connectivity index (χ0v) is 17.1. The van der Waals surface area contributed by atoms with Crippen molar-refractivity contribution in [3.8, 4) is 6.07 Å². The second kappa shape index (κ2) is 9.90. The number of nitrogens with one attached hydrogen (secondary N) is 1. The molecule has 0 bridgehead atoms. The summed E-state index contributed by atoms with van der Waals surface area (Å²) < 4.78 is 0. The number of nitriles is 1. The van der Waals surface area contributed by atoms with Gasteiger partial charge in [-0.1, -0.05) is 56.3 Å². The van der Waals surface area contributed by atoms with E-state index in [1.165, 1.54) is 11.1 Å². The monoisotopic (exact) mass is 388 g/mol. The van der Waals surface area contributed by atoms with Gasteiger partial charge >= 0.3 is 0 Å². The summed E-state index contributed by atoms with van der Waals surface area (Å²) in [5.41, 5.74) is 3.35. The van der Waals surface area contributed by atoms with Gasteiger partial charge in [0.15, 0.2) is 0 Å². The molecule has 1 aliphatic rings. The zero-order valence-electron chi connectivity index (χ0n) is 17.1. The van der Waals surface area contributed by atoms with E-state index in [1.54, 1.807) is 6.20 Å². The molecule has 3 rings (SSSR count). The van der Waals surface area contributed by atoms with Gasteiger partial charge in [-0.25, -0.2) is 0 Å². The molecule has 1 aliphatic heterocycles. The van der Waals surface area contributed by atoms with Gasteiger partial charge in [0.25, 0.3) is 5.91 Å². The van der Waals surface area contributed by atoms with Crippen LogP contribution in [0.25, 0.3) is 0 Å². The minimum atomic E-state index is -0.364. The predicted molar refractivity (Wildman–Crippen MR) is 116 cm³/mol. The summed E-state index contributed by atoms with van der Waals surface area (Å²) in [6.45, 7) is 8.59. The Balaban J connectivity index is 1.54. The van der Waals surface area contributed by atoms with Crippen LogP contribution >= 0.6 is 0 Å². The van der Waals surface area contributed by atoms with Crippen LogP contribution in [-0.2, 0) is 11.3 Å². The van der Waals surface area contributed by atoms with Gasteiger partial charge in [-0.3, -0.25) is 9.69 Å². The molecule has 1 N–H and O–H groups in total. The number of carbonyl (C=O) groups excluding carboxylic acids is 1. The van der Waals surface area contributed by atoms with Crippen molar-refractivity contribution in [3.05, 3.63) is 77.5 Å². The first kappa shape index (κ1) is 20.6. The van der Waals surface area contributed by atoms with Crippen molar-refractivity contribution < 1.29 is 4.79 Å². The Labute approximate surface area is 173 Å². The Kier molecular flexibility index (Phi) is 7.04. The Morgan fingerprint density at radius 3 is 2.31 bits per heavy atom. The zero-order chi connectivity index (χ0) is 20.6. The van der Waals surface area contributed by atoms with Crippen molar-refractivity contribution in [2.24, 2.45) is 0 Å². The Bertz CT molecular complexity index is 873. The first-order valence-corrected chi connectivity index (χ1v) is 10.1. The predicted octanol–water partition coefficient (Wildman–Crippen LogP) is 3.97. The molecule has 0 aromatic heterocycles. The molecule has 1 heterocycles. The standard InChI is InChI=1S/C24H28N4O/c1-19(2)21-8-10-23(11-9-21)26-24(29)22(16-25)18-28-14-12-27(13-15-28)17-20-6-4-3-5-7-20/h3-11,18-19H,12-15,17H2,1-2H3,(H,26,29)/b22-18-. The fraction of sp³-hybridized carbons (Fsp3) is 0.333. The molecule has 0 radical (unpaired) electrons. The molecule has 0 atom stereocenters. The highest BCUT2D eigenvalue weighted by molar-refractivity contribution is 6.06. The molecule has 5 heteroatoms. The largest absolute Gasteiger partial charge is 0.374 e. The van der Waals surface area contributed by atoms with Crippen LogP contribution in [0.2, 0.25) is 0 Å². The highest BCUT2D eigenvalue weighted by Crippen LogP contribution is 2.18. The average molecular weight is 389 g/mol. The van der Waals surface area contributed by atoms with Crippen LogP contribution in [0.3, 0.4) is 0 Å². The van der Waals surface area contributed by atoms with E-state index in [0.29, 0.717) is 11.6 Å². The number of benzene rings is 2. The summed E-state index contributed by atoms with van der Waals surface area (Å²) in [6.07, 6.45) is 1.69. The topological polar surface area (TPSA) is 59.4 Å². The first-order valence-electron chi connectivity index (χ1n) is 10.1. The molecule has 1 amide bonds. The summed E-state index contributed by atoms with van der Waals surface area (Å²) in [4.78, 5) is 17.0. The number of amides is 1. The number of piperazine rings is 1. The van der Waals surface area contributed by atoms with Crippen LogP contribution in [-0.4, -0.2) is 41.9 Å². The molecule has 2 aromatic carbocycles. The van der Waals surface area contributed by atoms with Crippen LogP contribution < -0.4 is 5.32 Å². The smallest absolute Gasteiger partial charge is 0.267 e. The van der Waals surface area contributed by atoms with Gasteiger partial charge in [-0.05, 0) is 29.2 Å². The Morgan fingerprint density at radius 1 is 1.07 bits per heavy atom. The van der Waals surface area contributed by atoms with Crippen molar-refractivity contribution in [2.45, 2.75) is 26.3 Å². The van der Waals surface area contributed by atoms with Crippen LogP contribution in [0, 0.1) is 11.3 Å². The maximum Gasteiger partial charge on any atom is 0.267 e. The number of hydrogen-bond acceptors (Lipinski definition) is 4. The number of hydrogen-bond donors (Lipinski definition) is 1. The minimum Gasteiger partial charge on any atom is -0.374 e. The average Bonchev–Trinajstić information content (AvgIpc) is 2.74. The van der Waals surface area contributed by atoms with Gasteiger partial charge in [-0.2, -0.15) is 5.26 Å². The van der Waals surface area contributed by atoms with Crippen LogP contribution in [0.4, 0.5) is 5.69 Å². The lowest BCUT2D eigenvalue weighted by Gasteiger charge is -2.34. The molecule has 0 unspecified atom stereocenters. The minimum absolute atomic E-state index is 0.134. The summed E-state index contributed by atoms with van der Waals surface area (Å²) in [5, 5.41) is 12.3. The molecule has 29 heavy (non-hydrogen) atoms. The maximum atomic E-state index is 12.5. The fourth-order valence-corrected chi connectivity index (χ4v) is 3.36. The van der Waals surface area contributed by atoms with Crippen molar-refractivity contribution in [2.75, 3.05) is 31.5 Å². The van der Waals surface area contributed by atoms with E-state index in [0.717, 1.165) is 32.7 Å². The van der Waals surface area contributed by atoms with E-state index in [-0.39, 0.29) is 11.5 Å². The number of nitrogens with zero attached hydrogens (tertiary/aromatic N) is 3. The molecule has 0 saturated carbocycles. The fourth-order valence-electron chi connectivity index (χ4n) is 3.36. The van der Waals surface area contributed by atoms with Gasteiger partial charge in [-0.15, -0.1) is 0 Å². The van der Waals surface area contributed by atoms with Crippen molar-refractivity contribution in [1.82, 2.24) is 9.80 Å². The van der Waals surface area contributed by atoms with E-state index >= 15 is 0 Å². The Hall–Kier alpha value is -3.10. The molecule has 150 valence electrons. The van der Waals surface area contributed by atoms with Gasteiger partial charge in [0.05, 0.1) is 0 Å². The highest BCUT2D eigenvalue weighted by Gasteiger charge is 2.17. The summed E-state index contributed by atoms with van der Waals surface area (Å²) in [6, 6.07) is 20.2. The molecular formula is C24H28N4O. The van der Waals surface area contributed by atoms with Gasteiger partial charge in [0.2, 0.25) is 0 Å². The van der Waals surface area contributed by atoms with Crippen molar-refractivity contribution in [1.29, 1.82) is 5.26 Å². The first-order chi connectivity index (χ1) is 14.0. The molecule has 1 saturated heterocycles. The van der Waals surface area contributed by atoms with Gasteiger partial charge < -0.3 is 10.2 Å². The molecular weight excluding hydrogens is 360 g/mol. The number of rotatable bonds is 6. The molecule has 2 aromatic rings. The van der Waals surface area contributed by atoms with E-state index < -0.39 is 0 Å². The van der Waals surface area contributed by atoms with Crippen LogP contribution in [0.15, 0.2) is 66.4 Å². The van der Waals surface area contributed by atoms with Gasteiger partial charge in [0.1, 0.15) is 11.6 Å². The highest BCUT2D eigenvalue weighted by atomic mass is 16.1. The molecule has 5 nitrogen and oxygen atoms in total. The van der Waals surface area contributed by atoms with Crippen molar-refractivity contribution in [3.63, 3.8) is 0 Å². The molecule has 1 fully saturated rings. The molecule has 0 spiro atoms. The van der Waals surface area contributed by atoms with E-state index in [4.69, 9.17) is 0 Å². The quantitative estimate of drug-likeness (QED) is 0.601. The summed E-state index contributed by atoms with van der Waals surface area (Å²) >= 11 is 0. The third kappa shape index (κ3) is 5.94. The third-order valence-electron chi connectivity index (χ3n) is 5.17. The normalized spacial score (nSPS) is 15.2. The summed E-state index contributed by atoms with van der Waals surface area (Å²) in [7, 11) is 0. The van der Waals surface area contributed by atoms with E-state index in [2.05, 4.69) is 53.2 Å². The second-order valence-electron chi connectivity index (χ2n) is 7.68. The number of carbonyl (C=O) groups is 1. The van der Waals surface area contributed by atoms with Crippen LogP contribution in [0.5, 0.6) is 0 Å². The Morgan fingerprint density at radius 2 is 1.72 bits per heavy atom. The second-order valence-corrected chi connectivity index (χ2v) is 7.68. The summed E-state index contributed by atoms with van der Waals surface area (Å²) in [5.74, 6) is 0.0754. The molecule has 0 aliphatic carbocycles. The van der Waals surface area contributed by atoms with E-state index in [9.17, 15) is 10.1 Å². The van der Waals surface area contributed by atoms with E-state index in [1.807, 2.05) is 36.4 Å². The van der Waals surface area contributed by atoms with Crippen LogP contribution in [0.1, 0.15) is 30.9 Å². The third-order valence-corrected chi connectivity index (χ3v) is 5.17. The van der Waals surface area contributed by atoms with Gasteiger partial charge in [0, 0.05) is 44.6 Å². The SMILES string of the molecule is CC(C)c1ccc(NC(=O)/C(C#N)=C\N2CCN(Cc3ccccc3)CC2)cc1. The lowest BCUT2D eigenvalue weighted by Crippen LogP contribution is -2.43. The lowest BCUT2D eigenvalue weighted by molar-refractivity contribution is -0.112.